The summed E-state index contributed by atoms with van der Waals surface area (Å²) < 4.78 is 7.36. The van der Waals surface area contributed by atoms with Gasteiger partial charge in [0.15, 0.2) is 18.6 Å². The van der Waals surface area contributed by atoms with Crippen LogP contribution < -0.4 is 9.30 Å². The van der Waals surface area contributed by atoms with Gasteiger partial charge < -0.3 is 4.74 Å². The maximum absolute atomic E-state index is 12.1. The van der Waals surface area contributed by atoms with Crippen molar-refractivity contribution in [3.63, 3.8) is 0 Å². The maximum Gasteiger partial charge on any atom is 0.343 e. The summed E-state index contributed by atoms with van der Waals surface area (Å²) in [4.78, 5) is 12.1. The number of benzene rings is 2. The highest BCUT2D eigenvalue weighted by Gasteiger charge is 2.07. The van der Waals surface area contributed by atoms with Crippen molar-refractivity contribution < 1.29 is 14.1 Å². The van der Waals surface area contributed by atoms with Crippen molar-refractivity contribution in [2.75, 3.05) is 0 Å². The minimum Gasteiger partial charge on any atom is -0.423 e. The van der Waals surface area contributed by atoms with Crippen LogP contribution in [0.4, 0.5) is 0 Å². The molecule has 23 heavy (non-hydrogen) atoms. The molecular formula is C20H16NO2+. The average Bonchev–Trinajstić information content (AvgIpc) is 2.62. The Morgan fingerprint density at radius 2 is 1.61 bits per heavy atom. The maximum atomic E-state index is 12.1. The summed E-state index contributed by atoms with van der Waals surface area (Å²) in [7, 11) is 0. The van der Waals surface area contributed by atoms with Crippen LogP contribution in [0.25, 0.3) is 12.3 Å². The van der Waals surface area contributed by atoms with Crippen molar-refractivity contribution in [2.45, 2.75) is 0 Å². The van der Waals surface area contributed by atoms with Gasteiger partial charge in [0.05, 0.1) is 5.56 Å². The first-order chi connectivity index (χ1) is 11.3. The molecule has 0 aliphatic heterocycles. The lowest BCUT2D eigenvalue weighted by Crippen LogP contribution is -2.23. The van der Waals surface area contributed by atoms with E-state index in [9.17, 15) is 4.79 Å². The van der Waals surface area contributed by atoms with Gasteiger partial charge in [-0.1, -0.05) is 36.4 Å². The van der Waals surface area contributed by atoms with E-state index in [4.69, 9.17) is 4.74 Å². The summed E-state index contributed by atoms with van der Waals surface area (Å²) in [5.74, 6) is 0.170. The minimum absolute atomic E-state index is 0.357. The Bertz CT molecular complexity index is 811. The second-order valence-electron chi connectivity index (χ2n) is 4.97. The number of carbonyl (C=O) groups excluding carboxylic acids is 1. The van der Waals surface area contributed by atoms with Crippen molar-refractivity contribution in [3.05, 3.63) is 96.3 Å². The second kappa shape index (κ2) is 7.18. The predicted molar refractivity (Wildman–Crippen MR) is 89.7 cm³/mol. The van der Waals surface area contributed by atoms with Crippen LogP contribution in [0.15, 0.2) is 85.2 Å². The van der Waals surface area contributed by atoms with Crippen LogP contribution in [0.3, 0.4) is 0 Å². The second-order valence-corrected chi connectivity index (χ2v) is 4.97. The molecule has 1 aromatic heterocycles. The molecule has 0 aliphatic rings. The Labute approximate surface area is 135 Å². The standard InChI is InChI=1S/C20H16NO2/c22-20(18-9-3-1-4-10-18)23-19-11-7-8-17(16-19)12-15-21-13-5-2-6-14-21/h1-16H/q+1/b15-12+. The van der Waals surface area contributed by atoms with E-state index in [1.807, 2.05) is 83.8 Å². The van der Waals surface area contributed by atoms with E-state index in [1.54, 1.807) is 18.2 Å². The summed E-state index contributed by atoms with van der Waals surface area (Å²) in [6.45, 7) is 0. The van der Waals surface area contributed by atoms with Crippen LogP contribution in [-0.2, 0) is 0 Å². The summed E-state index contributed by atoms with van der Waals surface area (Å²) in [5, 5.41) is 0. The zero-order valence-electron chi connectivity index (χ0n) is 12.5. The quantitative estimate of drug-likeness (QED) is 0.416. The lowest BCUT2D eigenvalue weighted by molar-refractivity contribution is -0.567. The number of ether oxygens (including phenoxy) is 1. The molecule has 112 valence electrons. The molecule has 3 aromatic rings. The van der Waals surface area contributed by atoms with Gasteiger partial charge in [-0.25, -0.2) is 4.79 Å². The molecule has 1 heterocycles. The first kappa shape index (κ1) is 14.7. The monoisotopic (exact) mass is 302 g/mol. The molecular weight excluding hydrogens is 286 g/mol. The topological polar surface area (TPSA) is 30.2 Å². The van der Waals surface area contributed by atoms with E-state index in [1.165, 1.54) is 0 Å². The minimum atomic E-state index is -0.357. The van der Waals surface area contributed by atoms with Gasteiger partial charge in [-0.2, -0.15) is 4.57 Å². The highest BCUT2D eigenvalue weighted by Crippen LogP contribution is 2.16. The molecule has 0 saturated heterocycles. The third-order valence-corrected chi connectivity index (χ3v) is 3.26. The number of hydrogen-bond donors (Lipinski definition) is 0. The fraction of sp³-hybridized carbons (Fsp3) is 0. The van der Waals surface area contributed by atoms with Crippen LogP contribution in [0.2, 0.25) is 0 Å². The normalized spacial score (nSPS) is 10.6. The number of nitrogens with zero attached hydrogens (tertiary/aromatic N) is 1. The summed E-state index contributed by atoms with van der Waals surface area (Å²) in [6.07, 6.45) is 7.81. The predicted octanol–water partition coefficient (Wildman–Crippen LogP) is 3.82. The van der Waals surface area contributed by atoms with Crippen LogP contribution in [0, 0.1) is 0 Å². The SMILES string of the molecule is O=C(Oc1cccc(/C=C/[n+]2ccccc2)c1)c1ccccc1. The highest BCUT2D eigenvalue weighted by atomic mass is 16.5. The summed E-state index contributed by atoms with van der Waals surface area (Å²) in [6, 6.07) is 22.3. The highest BCUT2D eigenvalue weighted by molar-refractivity contribution is 5.91. The smallest absolute Gasteiger partial charge is 0.343 e. The van der Waals surface area contributed by atoms with Crippen molar-refractivity contribution in [3.8, 4) is 5.75 Å². The van der Waals surface area contributed by atoms with Gasteiger partial charge in [-0.3, -0.25) is 0 Å². The number of rotatable bonds is 4. The fourth-order valence-electron chi connectivity index (χ4n) is 2.11. The van der Waals surface area contributed by atoms with E-state index >= 15 is 0 Å². The third kappa shape index (κ3) is 4.14. The van der Waals surface area contributed by atoms with Gasteiger partial charge >= 0.3 is 5.97 Å². The molecule has 0 saturated carbocycles. The van der Waals surface area contributed by atoms with Crippen molar-refractivity contribution >= 4 is 18.2 Å². The molecule has 0 spiro atoms. The van der Waals surface area contributed by atoms with Gasteiger partial charge in [0.1, 0.15) is 5.75 Å². The van der Waals surface area contributed by atoms with Gasteiger partial charge in [0.25, 0.3) is 0 Å². The van der Waals surface area contributed by atoms with Gasteiger partial charge in [0.2, 0.25) is 0 Å². The van der Waals surface area contributed by atoms with Crippen LogP contribution in [0.1, 0.15) is 15.9 Å². The Kier molecular flexibility index (Phi) is 4.60. The lowest BCUT2D eigenvalue weighted by atomic mass is 10.2. The first-order valence-corrected chi connectivity index (χ1v) is 7.32. The van der Waals surface area contributed by atoms with Crippen LogP contribution in [-0.4, -0.2) is 5.97 Å². The molecule has 0 atom stereocenters. The molecule has 0 N–H and O–H groups in total. The van der Waals surface area contributed by atoms with Crippen molar-refractivity contribution in [1.29, 1.82) is 0 Å². The van der Waals surface area contributed by atoms with Gasteiger partial charge in [-0.15, -0.1) is 0 Å². The van der Waals surface area contributed by atoms with Gasteiger partial charge in [0, 0.05) is 18.2 Å². The molecule has 3 heteroatoms. The van der Waals surface area contributed by atoms with E-state index in [0.717, 1.165) is 5.56 Å². The van der Waals surface area contributed by atoms with E-state index in [2.05, 4.69) is 0 Å². The molecule has 0 radical (unpaired) electrons. The Morgan fingerprint density at radius 1 is 0.870 bits per heavy atom. The Hall–Kier alpha value is -3.20. The van der Waals surface area contributed by atoms with E-state index < -0.39 is 0 Å². The molecule has 0 bridgehead atoms. The number of carbonyl (C=O) groups is 1. The number of hydrogen-bond acceptors (Lipinski definition) is 2. The lowest BCUT2D eigenvalue weighted by Gasteiger charge is -2.04. The number of esters is 1. The molecule has 0 aliphatic carbocycles. The van der Waals surface area contributed by atoms with E-state index in [-0.39, 0.29) is 5.97 Å². The number of aromatic nitrogens is 1. The Morgan fingerprint density at radius 3 is 2.39 bits per heavy atom. The largest absolute Gasteiger partial charge is 0.423 e. The van der Waals surface area contributed by atoms with Crippen molar-refractivity contribution in [2.24, 2.45) is 0 Å². The van der Waals surface area contributed by atoms with Crippen LogP contribution >= 0.6 is 0 Å². The van der Waals surface area contributed by atoms with Crippen molar-refractivity contribution in [1.82, 2.24) is 0 Å². The third-order valence-electron chi connectivity index (χ3n) is 3.26. The molecule has 0 fully saturated rings. The van der Waals surface area contributed by atoms with Gasteiger partial charge in [-0.05, 0) is 29.8 Å². The Balaban J connectivity index is 1.73. The van der Waals surface area contributed by atoms with Crippen LogP contribution in [0.5, 0.6) is 5.75 Å². The zero-order valence-corrected chi connectivity index (χ0v) is 12.5. The van der Waals surface area contributed by atoms with E-state index in [0.29, 0.717) is 11.3 Å². The average molecular weight is 302 g/mol. The molecule has 3 rings (SSSR count). The number of pyridine rings is 1. The first-order valence-electron chi connectivity index (χ1n) is 7.32. The summed E-state index contributed by atoms with van der Waals surface area (Å²) >= 11 is 0. The summed E-state index contributed by atoms with van der Waals surface area (Å²) in [5.41, 5.74) is 1.49. The zero-order chi connectivity index (χ0) is 15.9. The molecule has 0 amide bonds. The molecule has 2 aromatic carbocycles. The molecule has 3 nitrogen and oxygen atoms in total. The molecule has 0 unspecified atom stereocenters. The fourth-order valence-corrected chi connectivity index (χ4v) is 2.11.